The maximum absolute atomic E-state index is 12.6. The number of carboxylic acid groups (broad SMARTS) is 1. The van der Waals surface area contributed by atoms with Gasteiger partial charge in [-0.15, -0.1) is 0 Å². The summed E-state index contributed by atoms with van der Waals surface area (Å²) in [5, 5.41) is 8.70. The first-order valence-corrected chi connectivity index (χ1v) is 7.28. The van der Waals surface area contributed by atoms with Crippen LogP contribution in [0.2, 0.25) is 0 Å². The van der Waals surface area contributed by atoms with Gasteiger partial charge in [0.05, 0.1) is 18.6 Å². The molecule has 0 aromatic carbocycles. The van der Waals surface area contributed by atoms with Crippen molar-refractivity contribution >= 4 is 11.9 Å². The van der Waals surface area contributed by atoms with E-state index in [9.17, 15) is 9.59 Å². The van der Waals surface area contributed by atoms with E-state index in [1.54, 1.807) is 0 Å². The molecule has 2 aliphatic heterocycles. The first-order valence-electron chi connectivity index (χ1n) is 7.28. The fraction of sp³-hybridized carbons (Fsp3) is 0.857. The van der Waals surface area contributed by atoms with E-state index in [4.69, 9.17) is 15.6 Å². The van der Waals surface area contributed by atoms with Gasteiger partial charge in [0, 0.05) is 25.6 Å². The zero-order chi connectivity index (χ0) is 14.8. The van der Waals surface area contributed by atoms with E-state index < -0.39 is 11.4 Å². The number of piperidine rings is 1. The van der Waals surface area contributed by atoms with Gasteiger partial charge in [-0.05, 0) is 32.1 Å². The van der Waals surface area contributed by atoms with Gasteiger partial charge in [-0.3, -0.25) is 9.59 Å². The highest BCUT2D eigenvalue weighted by Crippen LogP contribution is 2.32. The van der Waals surface area contributed by atoms with Crippen LogP contribution in [-0.2, 0) is 14.3 Å². The number of carboxylic acids is 1. The van der Waals surface area contributed by atoms with Gasteiger partial charge in [0.25, 0.3) is 0 Å². The number of carbonyl (C=O) groups is 2. The summed E-state index contributed by atoms with van der Waals surface area (Å²) >= 11 is 0. The second-order valence-electron chi connectivity index (χ2n) is 6.21. The van der Waals surface area contributed by atoms with E-state index in [1.165, 1.54) is 0 Å². The minimum atomic E-state index is -0.745. The Morgan fingerprint density at radius 1 is 1.40 bits per heavy atom. The highest BCUT2D eigenvalue weighted by Gasteiger charge is 2.46. The van der Waals surface area contributed by atoms with E-state index in [0.29, 0.717) is 38.6 Å². The number of carbonyl (C=O) groups excluding carboxylic acids is 1. The number of aliphatic carboxylic acids is 1. The van der Waals surface area contributed by atoms with Crippen molar-refractivity contribution in [2.45, 2.75) is 38.6 Å². The lowest BCUT2D eigenvalue weighted by atomic mass is 9.83. The van der Waals surface area contributed by atoms with Crippen LogP contribution in [-0.4, -0.2) is 54.2 Å². The Hall–Kier alpha value is -1.14. The molecular weight excluding hydrogens is 260 g/mol. The van der Waals surface area contributed by atoms with Gasteiger partial charge in [-0.1, -0.05) is 0 Å². The summed E-state index contributed by atoms with van der Waals surface area (Å²) in [4.78, 5) is 25.0. The van der Waals surface area contributed by atoms with Gasteiger partial charge >= 0.3 is 5.97 Å². The van der Waals surface area contributed by atoms with Crippen molar-refractivity contribution in [3.05, 3.63) is 0 Å². The summed E-state index contributed by atoms with van der Waals surface area (Å²) < 4.78 is 5.33. The van der Waals surface area contributed by atoms with E-state index in [2.05, 4.69) is 0 Å². The molecule has 0 spiro atoms. The van der Waals surface area contributed by atoms with Gasteiger partial charge in [-0.25, -0.2) is 0 Å². The molecule has 2 heterocycles. The number of nitrogens with zero attached hydrogens (tertiary/aromatic N) is 1. The largest absolute Gasteiger partial charge is 0.481 e. The van der Waals surface area contributed by atoms with E-state index in [-0.39, 0.29) is 18.4 Å². The fourth-order valence-corrected chi connectivity index (χ4v) is 3.02. The first-order chi connectivity index (χ1) is 9.43. The SMILES string of the molecule is CC1(C(=O)N2CCC(CCC(=O)O)CC2)COCC1N. The molecule has 20 heavy (non-hydrogen) atoms. The average molecular weight is 284 g/mol. The summed E-state index contributed by atoms with van der Waals surface area (Å²) in [6.45, 7) is 4.11. The molecule has 1 amide bonds. The number of hydrogen-bond donors (Lipinski definition) is 2. The lowest BCUT2D eigenvalue weighted by molar-refractivity contribution is -0.144. The van der Waals surface area contributed by atoms with Crippen LogP contribution in [0.15, 0.2) is 0 Å². The Balaban J connectivity index is 1.84. The number of hydrogen-bond acceptors (Lipinski definition) is 4. The second-order valence-corrected chi connectivity index (χ2v) is 6.21. The van der Waals surface area contributed by atoms with Gasteiger partial charge in [0.2, 0.25) is 5.91 Å². The van der Waals surface area contributed by atoms with Crippen LogP contribution in [0.3, 0.4) is 0 Å². The van der Waals surface area contributed by atoms with E-state index >= 15 is 0 Å². The average Bonchev–Trinajstić information content (AvgIpc) is 2.77. The van der Waals surface area contributed by atoms with Crippen LogP contribution < -0.4 is 5.73 Å². The van der Waals surface area contributed by atoms with Crippen molar-refractivity contribution in [2.75, 3.05) is 26.3 Å². The molecule has 2 rings (SSSR count). The molecule has 0 aromatic rings. The molecule has 6 heteroatoms. The number of ether oxygens (including phenoxy) is 1. The second kappa shape index (κ2) is 6.10. The molecule has 2 atom stereocenters. The molecule has 0 radical (unpaired) electrons. The molecule has 114 valence electrons. The Labute approximate surface area is 119 Å². The summed E-state index contributed by atoms with van der Waals surface area (Å²) in [6.07, 6.45) is 2.68. The van der Waals surface area contributed by atoms with Crippen molar-refractivity contribution in [3.8, 4) is 0 Å². The summed E-state index contributed by atoms with van der Waals surface area (Å²) in [6, 6.07) is -0.236. The number of amides is 1. The van der Waals surface area contributed by atoms with E-state index in [1.807, 2.05) is 11.8 Å². The minimum absolute atomic E-state index is 0.0826. The molecule has 0 saturated carbocycles. The number of likely N-dealkylation sites (tertiary alicyclic amines) is 1. The minimum Gasteiger partial charge on any atom is -0.481 e. The molecule has 2 saturated heterocycles. The maximum Gasteiger partial charge on any atom is 0.303 e. The van der Waals surface area contributed by atoms with E-state index in [0.717, 1.165) is 12.8 Å². The van der Waals surface area contributed by atoms with Crippen LogP contribution in [0, 0.1) is 11.3 Å². The highest BCUT2D eigenvalue weighted by atomic mass is 16.5. The lowest BCUT2D eigenvalue weighted by Crippen LogP contribution is -2.53. The Morgan fingerprint density at radius 3 is 2.55 bits per heavy atom. The van der Waals surface area contributed by atoms with Crippen molar-refractivity contribution in [1.29, 1.82) is 0 Å². The van der Waals surface area contributed by atoms with Gasteiger partial charge in [0.1, 0.15) is 0 Å². The predicted octanol–water partition coefficient (Wildman–Crippen LogP) is 0.454. The summed E-state index contributed by atoms with van der Waals surface area (Å²) in [7, 11) is 0. The quantitative estimate of drug-likeness (QED) is 0.782. The standard InChI is InChI=1S/C14H24N2O4/c1-14(9-20-8-11(14)15)13(19)16-6-4-10(5-7-16)2-3-12(17)18/h10-11H,2-9,15H2,1H3,(H,17,18). The maximum atomic E-state index is 12.6. The molecule has 2 aliphatic rings. The normalized spacial score (nSPS) is 31.5. The molecule has 0 aliphatic carbocycles. The zero-order valence-electron chi connectivity index (χ0n) is 12.0. The zero-order valence-corrected chi connectivity index (χ0v) is 12.0. The van der Waals surface area contributed by atoms with Gasteiger partial charge < -0.3 is 20.5 Å². The van der Waals surface area contributed by atoms with Crippen molar-refractivity contribution in [2.24, 2.45) is 17.1 Å². The monoisotopic (exact) mass is 284 g/mol. The Kier molecular flexibility index (Phi) is 4.65. The molecule has 2 fully saturated rings. The van der Waals surface area contributed by atoms with Gasteiger partial charge in [0.15, 0.2) is 0 Å². The third-order valence-electron chi connectivity index (χ3n) is 4.67. The molecule has 2 unspecified atom stereocenters. The molecule has 3 N–H and O–H groups in total. The topological polar surface area (TPSA) is 92.9 Å². The van der Waals surface area contributed by atoms with Crippen LogP contribution in [0.25, 0.3) is 0 Å². The van der Waals surface area contributed by atoms with Crippen molar-refractivity contribution in [1.82, 2.24) is 4.90 Å². The lowest BCUT2D eigenvalue weighted by Gasteiger charge is -2.37. The smallest absolute Gasteiger partial charge is 0.303 e. The van der Waals surface area contributed by atoms with Crippen LogP contribution in [0.1, 0.15) is 32.6 Å². The van der Waals surface area contributed by atoms with Gasteiger partial charge in [-0.2, -0.15) is 0 Å². The first kappa shape index (κ1) is 15.3. The van der Waals surface area contributed by atoms with Crippen LogP contribution in [0.5, 0.6) is 0 Å². The molecule has 0 aromatic heterocycles. The van der Waals surface area contributed by atoms with Crippen LogP contribution in [0.4, 0.5) is 0 Å². The Bertz CT molecular complexity index is 379. The third kappa shape index (κ3) is 3.12. The molecule has 6 nitrogen and oxygen atoms in total. The Morgan fingerprint density at radius 2 is 2.05 bits per heavy atom. The van der Waals surface area contributed by atoms with Crippen molar-refractivity contribution < 1.29 is 19.4 Å². The highest BCUT2D eigenvalue weighted by molar-refractivity contribution is 5.83. The number of rotatable bonds is 4. The van der Waals surface area contributed by atoms with Crippen molar-refractivity contribution in [3.63, 3.8) is 0 Å². The molecule has 0 bridgehead atoms. The number of nitrogens with two attached hydrogens (primary N) is 1. The van der Waals surface area contributed by atoms with Crippen LogP contribution >= 0.6 is 0 Å². The summed E-state index contributed by atoms with van der Waals surface area (Å²) in [5.41, 5.74) is 5.39. The predicted molar refractivity (Wildman–Crippen MR) is 73.1 cm³/mol. The molecular formula is C14H24N2O4. The third-order valence-corrected chi connectivity index (χ3v) is 4.67. The summed E-state index contributed by atoms with van der Waals surface area (Å²) in [5.74, 6) is -0.249. The fourth-order valence-electron chi connectivity index (χ4n) is 3.02.